The predicted octanol–water partition coefficient (Wildman–Crippen LogP) is 6.69. The number of rotatable bonds is 11. The average molecular weight is 477 g/mol. The number of anilines is 1. The molecule has 3 atom stereocenters. The monoisotopic (exact) mass is 476 g/mol. The van der Waals surface area contributed by atoms with Crippen molar-refractivity contribution in [3.63, 3.8) is 0 Å². The first-order valence-corrected chi connectivity index (χ1v) is 13.5. The second kappa shape index (κ2) is 10.4. The zero-order valence-corrected chi connectivity index (χ0v) is 22.6. The van der Waals surface area contributed by atoms with Gasteiger partial charge in [-0.25, -0.2) is 0 Å². The molecule has 0 amide bonds. The molecule has 0 spiro atoms. The smallest absolute Gasteiger partial charge is 0.180 e. The average Bonchev–Trinajstić information content (AvgIpc) is 3.66. The maximum atomic E-state index is 13.8. The topological polar surface area (TPSA) is 41.6 Å². The summed E-state index contributed by atoms with van der Waals surface area (Å²) in [6.45, 7) is 16.6. The van der Waals surface area contributed by atoms with Gasteiger partial charge in [0.2, 0.25) is 0 Å². The van der Waals surface area contributed by atoms with E-state index >= 15 is 0 Å². The van der Waals surface area contributed by atoms with Crippen molar-refractivity contribution in [1.29, 1.82) is 0 Å². The lowest BCUT2D eigenvalue weighted by Crippen LogP contribution is -2.55. The van der Waals surface area contributed by atoms with Crippen LogP contribution in [0.5, 0.6) is 0 Å². The quantitative estimate of drug-likeness (QED) is 0.392. The van der Waals surface area contributed by atoms with Crippen LogP contribution in [0.1, 0.15) is 82.3 Å². The Morgan fingerprint density at radius 1 is 1.11 bits per heavy atom. The minimum atomic E-state index is -0.234. The summed E-state index contributed by atoms with van der Waals surface area (Å²) in [5, 5.41) is 3.68. The van der Waals surface area contributed by atoms with Crippen LogP contribution in [0, 0.1) is 11.8 Å². The van der Waals surface area contributed by atoms with Crippen LogP contribution in [0.3, 0.4) is 0 Å². The van der Waals surface area contributed by atoms with Gasteiger partial charge in [0.05, 0.1) is 24.8 Å². The number of hydrogen-bond donors (Lipinski definition) is 1. The number of nitrogens with one attached hydrogen (secondary N) is 1. The van der Waals surface area contributed by atoms with Gasteiger partial charge < -0.3 is 10.1 Å². The Hall–Kier alpha value is -2.17. The minimum Gasteiger partial charge on any atom is -0.378 e. The van der Waals surface area contributed by atoms with E-state index in [1.54, 1.807) is 0 Å². The highest BCUT2D eigenvalue weighted by molar-refractivity contribution is 6.03. The van der Waals surface area contributed by atoms with Crippen molar-refractivity contribution in [3.8, 4) is 0 Å². The van der Waals surface area contributed by atoms with Crippen LogP contribution in [0.2, 0.25) is 0 Å². The van der Waals surface area contributed by atoms with Crippen LogP contribution >= 0.6 is 0 Å². The van der Waals surface area contributed by atoms with E-state index in [-0.39, 0.29) is 22.9 Å². The van der Waals surface area contributed by atoms with Gasteiger partial charge in [0, 0.05) is 17.8 Å². The molecule has 0 saturated heterocycles. The molecule has 4 rings (SSSR count). The fraction of sp³-hybridized carbons (Fsp3) is 0.581. The maximum absolute atomic E-state index is 13.8. The van der Waals surface area contributed by atoms with Gasteiger partial charge in [-0.15, -0.1) is 0 Å². The molecule has 0 bridgehead atoms. The lowest BCUT2D eigenvalue weighted by atomic mass is 9.61. The van der Waals surface area contributed by atoms with Gasteiger partial charge in [0.15, 0.2) is 5.78 Å². The summed E-state index contributed by atoms with van der Waals surface area (Å²) in [7, 11) is 0. The third-order valence-corrected chi connectivity index (χ3v) is 8.43. The summed E-state index contributed by atoms with van der Waals surface area (Å²) in [5.74, 6) is 1.35. The molecular formula is C31H44N2O2. The number of fused-ring (bicyclic) bond motifs is 1. The van der Waals surface area contributed by atoms with Crippen molar-refractivity contribution in [3.05, 3.63) is 65.2 Å². The fourth-order valence-corrected chi connectivity index (χ4v) is 5.78. The summed E-state index contributed by atoms with van der Waals surface area (Å²) in [4.78, 5) is 16.3. The second-order valence-corrected chi connectivity index (χ2v) is 11.6. The van der Waals surface area contributed by atoms with Crippen molar-refractivity contribution in [1.82, 2.24) is 4.90 Å². The highest BCUT2D eigenvalue weighted by Crippen LogP contribution is 2.47. The number of benzene rings is 2. The van der Waals surface area contributed by atoms with Gasteiger partial charge in [-0.2, -0.15) is 0 Å². The first kappa shape index (κ1) is 25.9. The van der Waals surface area contributed by atoms with E-state index in [4.69, 9.17) is 4.74 Å². The molecule has 2 aliphatic carbocycles. The number of ketones is 1. The van der Waals surface area contributed by atoms with E-state index in [0.717, 1.165) is 36.7 Å². The van der Waals surface area contributed by atoms with Gasteiger partial charge in [0.1, 0.15) is 0 Å². The van der Waals surface area contributed by atoms with E-state index in [1.807, 2.05) is 18.2 Å². The largest absolute Gasteiger partial charge is 0.378 e. The van der Waals surface area contributed by atoms with Crippen LogP contribution in [0.15, 0.2) is 48.5 Å². The zero-order valence-electron chi connectivity index (χ0n) is 22.6. The highest BCUT2D eigenvalue weighted by Gasteiger charge is 2.48. The van der Waals surface area contributed by atoms with Crippen molar-refractivity contribution in [2.45, 2.75) is 84.4 Å². The van der Waals surface area contributed by atoms with Gasteiger partial charge in [0.25, 0.3) is 0 Å². The Morgan fingerprint density at radius 3 is 2.46 bits per heavy atom. The van der Waals surface area contributed by atoms with E-state index in [2.05, 4.69) is 82.1 Å². The molecule has 4 heteroatoms. The van der Waals surface area contributed by atoms with Gasteiger partial charge in [-0.05, 0) is 86.2 Å². The van der Waals surface area contributed by atoms with Crippen LogP contribution < -0.4 is 5.32 Å². The number of ether oxygens (including phenoxy) is 1. The molecule has 0 aromatic heterocycles. The normalized spacial score (nSPS) is 24.5. The fourth-order valence-electron chi connectivity index (χ4n) is 5.78. The molecule has 2 aliphatic rings. The standard InChI is InChI=1S/C31H44N2O2/c1-7-31(6)22(3)28(33(8-2)19-23-14-15-23)29(34)26-17-16-25(18-27(26)31)32-30(4,5)21-35-20-24-12-10-9-11-13-24/h9-13,16-18,22-23,28,32H,7-8,14-15,19-21H2,1-6H3/t22-,28-,31-/m0/s1. The molecule has 0 heterocycles. The van der Waals surface area contributed by atoms with E-state index < -0.39 is 0 Å². The van der Waals surface area contributed by atoms with Crippen LogP contribution in [0.25, 0.3) is 0 Å². The van der Waals surface area contributed by atoms with Crippen molar-refractivity contribution < 1.29 is 9.53 Å². The van der Waals surface area contributed by atoms with Crippen LogP contribution in [-0.4, -0.2) is 42.0 Å². The van der Waals surface area contributed by atoms with Crippen LogP contribution in [0.4, 0.5) is 5.69 Å². The Bertz CT molecular complexity index is 1010. The van der Waals surface area contributed by atoms with Crippen molar-refractivity contribution in [2.75, 3.05) is 25.0 Å². The third-order valence-electron chi connectivity index (χ3n) is 8.43. The maximum Gasteiger partial charge on any atom is 0.180 e. The van der Waals surface area contributed by atoms with E-state index in [9.17, 15) is 4.79 Å². The van der Waals surface area contributed by atoms with Crippen molar-refractivity contribution >= 4 is 11.5 Å². The summed E-state index contributed by atoms with van der Waals surface area (Å²) in [6, 6.07) is 16.6. The highest BCUT2D eigenvalue weighted by atomic mass is 16.5. The molecule has 0 unspecified atom stereocenters. The van der Waals surface area contributed by atoms with Crippen LogP contribution in [-0.2, 0) is 16.8 Å². The molecule has 1 fully saturated rings. The van der Waals surface area contributed by atoms with Crippen molar-refractivity contribution in [2.24, 2.45) is 11.8 Å². The number of hydrogen-bond acceptors (Lipinski definition) is 4. The molecular weight excluding hydrogens is 432 g/mol. The Labute approximate surface area is 212 Å². The molecule has 2 aromatic carbocycles. The minimum absolute atomic E-state index is 0.0281. The molecule has 190 valence electrons. The van der Waals surface area contributed by atoms with Gasteiger partial charge in [-0.1, -0.05) is 58.0 Å². The Balaban J connectivity index is 1.52. The van der Waals surface area contributed by atoms with E-state index in [0.29, 0.717) is 19.0 Å². The Morgan fingerprint density at radius 2 is 1.83 bits per heavy atom. The Kier molecular flexibility index (Phi) is 7.73. The van der Waals surface area contributed by atoms with Gasteiger partial charge in [-0.3, -0.25) is 9.69 Å². The predicted molar refractivity (Wildman–Crippen MR) is 145 cm³/mol. The number of likely N-dealkylation sites (N-methyl/N-ethyl adjacent to an activating group) is 1. The second-order valence-electron chi connectivity index (χ2n) is 11.6. The lowest BCUT2D eigenvalue weighted by Gasteiger charge is -2.48. The summed E-state index contributed by atoms with van der Waals surface area (Å²) < 4.78 is 6.03. The molecule has 0 radical (unpaired) electrons. The molecule has 1 saturated carbocycles. The lowest BCUT2D eigenvalue weighted by molar-refractivity contribution is 0.0567. The molecule has 4 nitrogen and oxygen atoms in total. The number of carbonyl (C=O) groups is 1. The van der Waals surface area contributed by atoms with Gasteiger partial charge >= 0.3 is 0 Å². The SMILES string of the molecule is CCN(CC1CC1)[C@@H]1C(=O)c2ccc(NC(C)(C)COCc3ccccc3)cc2[C@@](C)(CC)[C@H]1C. The third kappa shape index (κ3) is 5.65. The molecule has 2 aromatic rings. The number of carbonyl (C=O) groups excluding carboxylic acids is 1. The summed E-state index contributed by atoms with van der Waals surface area (Å²) in [5.41, 5.74) is 4.07. The molecule has 1 N–H and O–H groups in total. The first-order valence-electron chi connectivity index (χ1n) is 13.5. The number of Topliss-reactive ketones (excluding diaryl/α,β-unsaturated/α-hetero) is 1. The van der Waals surface area contributed by atoms with E-state index in [1.165, 1.54) is 24.0 Å². The zero-order chi connectivity index (χ0) is 25.2. The molecule has 0 aliphatic heterocycles. The molecule has 35 heavy (non-hydrogen) atoms. The number of nitrogens with zero attached hydrogens (tertiary/aromatic N) is 1. The first-order chi connectivity index (χ1) is 16.7. The summed E-state index contributed by atoms with van der Waals surface area (Å²) in [6.07, 6.45) is 3.64. The summed E-state index contributed by atoms with van der Waals surface area (Å²) >= 11 is 0.